The van der Waals surface area contributed by atoms with Crippen molar-refractivity contribution >= 4 is 23.1 Å². The average molecular weight is 298 g/mol. The molecule has 0 unspecified atom stereocenters. The van der Waals surface area contributed by atoms with Crippen molar-refractivity contribution in [2.75, 3.05) is 0 Å². The van der Waals surface area contributed by atoms with E-state index in [4.69, 9.17) is 12.2 Å². The average Bonchev–Trinajstić information content (AvgIpc) is 2.80. The van der Waals surface area contributed by atoms with Crippen molar-refractivity contribution in [1.29, 1.82) is 0 Å². The number of pyridine rings is 1. The Morgan fingerprint density at radius 1 is 1.19 bits per heavy atom. The number of hydrogen-bond acceptors (Lipinski definition) is 3. The van der Waals surface area contributed by atoms with Crippen LogP contribution in [0.3, 0.4) is 0 Å². The standard InChI is InChI=1S/C16H18N4S/c1-9(2)20-15(18-19-16(20)21)13-8-11(4)17-14-6-5-10(3)7-12(13)14/h5-9H,1-4H3,(H,19,21). The van der Waals surface area contributed by atoms with Gasteiger partial charge in [0.2, 0.25) is 0 Å². The molecule has 5 heteroatoms. The van der Waals surface area contributed by atoms with Crippen LogP contribution in [-0.2, 0) is 0 Å². The van der Waals surface area contributed by atoms with Gasteiger partial charge in [0.1, 0.15) is 0 Å². The molecule has 21 heavy (non-hydrogen) atoms. The fourth-order valence-electron chi connectivity index (χ4n) is 2.63. The molecule has 0 amide bonds. The van der Waals surface area contributed by atoms with Gasteiger partial charge in [0.25, 0.3) is 0 Å². The Morgan fingerprint density at radius 3 is 2.67 bits per heavy atom. The molecule has 1 aromatic carbocycles. The summed E-state index contributed by atoms with van der Waals surface area (Å²) in [5.74, 6) is 0.871. The minimum absolute atomic E-state index is 0.250. The molecule has 2 aromatic heterocycles. The summed E-state index contributed by atoms with van der Waals surface area (Å²) in [7, 11) is 0. The van der Waals surface area contributed by atoms with E-state index in [9.17, 15) is 0 Å². The summed E-state index contributed by atoms with van der Waals surface area (Å²) < 4.78 is 2.70. The third-order valence-corrected chi connectivity index (χ3v) is 3.84. The molecule has 108 valence electrons. The van der Waals surface area contributed by atoms with Gasteiger partial charge < -0.3 is 0 Å². The van der Waals surface area contributed by atoms with Crippen molar-refractivity contribution < 1.29 is 0 Å². The zero-order chi connectivity index (χ0) is 15.1. The monoisotopic (exact) mass is 298 g/mol. The number of aryl methyl sites for hydroxylation is 2. The highest BCUT2D eigenvalue weighted by atomic mass is 32.1. The van der Waals surface area contributed by atoms with Gasteiger partial charge in [0, 0.05) is 22.7 Å². The van der Waals surface area contributed by atoms with E-state index in [0.717, 1.165) is 28.0 Å². The quantitative estimate of drug-likeness (QED) is 0.715. The van der Waals surface area contributed by atoms with Crippen molar-refractivity contribution in [2.24, 2.45) is 0 Å². The van der Waals surface area contributed by atoms with Crippen LogP contribution in [0.25, 0.3) is 22.3 Å². The lowest BCUT2D eigenvalue weighted by molar-refractivity contribution is 0.597. The van der Waals surface area contributed by atoms with Crippen molar-refractivity contribution in [3.63, 3.8) is 0 Å². The Kier molecular flexibility index (Phi) is 3.37. The second-order valence-corrected chi connectivity index (χ2v) is 6.03. The van der Waals surface area contributed by atoms with E-state index in [1.807, 2.05) is 11.5 Å². The molecule has 3 aromatic rings. The molecule has 0 atom stereocenters. The normalized spacial score (nSPS) is 11.5. The summed E-state index contributed by atoms with van der Waals surface area (Å²) in [5, 5.41) is 8.47. The second-order valence-electron chi connectivity index (χ2n) is 5.65. The van der Waals surface area contributed by atoms with E-state index in [-0.39, 0.29) is 6.04 Å². The van der Waals surface area contributed by atoms with Gasteiger partial charge >= 0.3 is 0 Å². The van der Waals surface area contributed by atoms with Crippen LogP contribution in [0.1, 0.15) is 31.1 Å². The summed E-state index contributed by atoms with van der Waals surface area (Å²) in [4.78, 5) is 4.61. The fraction of sp³-hybridized carbons (Fsp3) is 0.312. The van der Waals surface area contributed by atoms with Crippen LogP contribution in [0.4, 0.5) is 0 Å². The molecule has 0 bridgehead atoms. The highest BCUT2D eigenvalue weighted by molar-refractivity contribution is 7.71. The van der Waals surface area contributed by atoms with Crippen LogP contribution in [-0.4, -0.2) is 19.7 Å². The van der Waals surface area contributed by atoms with Crippen molar-refractivity contribution in [2.45, 2.75) is 33.7 Å². The zero-order valence-corrected chi connectivity index (χ0v) is 13.5. The third kappa shape index (κ3) is 2.38. The van der Waals surface area contributed by atoms with E-state index < -0.39 is 0 Å². The van der Waals surface area contributed by atoms with Crippen molar-refractivity contribution in [3.05, 3.63) is 40.3 Å². The second kappa shape index (κ2) is 5.07. The van der Waals surface area contributed by atoms with Gasteiger partial charge in [-0.3, -0.25) is 14.6 Å². The Balaban J connectivity index is 2.40. The van der Waals surface area contributed by atoms with Gasteiger partial charge in [-0.05, 0) is 58.1 Å². The SMILES string of the molecule is Cc1ccc2nc(C)cc(-c3n[nH]c(=S)n3C(C)C)c2c1. The van der Waals surface area contributed by atoms with Crippen LogP contribution in [0, 0.1) is 18.6 Å². The predicted octanol–water partition coefficient (Wildman–Crippen LogP) is 4.35. The Hall–Kier alpha value is -2.01. The van der Waals surface area contributed by atoms with Crippen molar-refractivity contribution in [1.82, 2.24) is 19.7 Å². The van der Waals surface area contributed by atoms with Crippen molar-refractivity contribution in [3.8, 4) is 11.4 Å². The number of benzene rings is 1. The molecule has 3 rings (SSSR count). The van der Waals surface area contributed by atoms with Crippen LogP contribution >= 0.6 is 12.2 Å². The molecule has 0 aliphatic carbocycles. The first-order chi connectivity index (χ1) is 9.97. The molecule has 0 spiro atoms. The highest BCUT2D eigenvalue weighted by Crippen LogP contribution is 2.29. The molecule has 0 saturated carbocycles. The number of aromatic amines is 1. The molecular formula is C16H18N4S. The van der Waals surface area contributed by atoms with Gasteiger partial charge in [-0.1, -0.05) is 11.6 Å². The molecule has 2 heterocycles. The van der Waals surface area contributed by atoms with Crippen LogP contribution in [0.15, 0.2) is 24.3 Å². The Morgan fingerprint density at radius 2 is 1.95 bits per heavy atom. The van der Waals surface area contributed by atoms with Crippen LogP contribution < -0.4 is 0 Å². The lowest BCUT2D eigenvalue weighted by Crippen LogP contribution is -2.04. The fourth-order valence-corrected chi connectivity index (χ4v) is 2.97. The molecule has 0 aliphatic heterocycles. The van der Waals surface area contributed by atoms with E-state index >= 15 is 0 Å². The maximum absolute atomic E-state index is 5.36. The number of rotatable bonds is 2. The summed E-state index contributed by atoms with van der Waals surface area (Å²) in [5.41, 5.74) is 4.24. The first-order valence-electron chi connectivity index (χ1n) is 7.02. The van der Waals surface area contributed by atoms with Gasteiger partial charge in [-0.25, -0.2) is 0 Å². The smallest absolute Gasteiger partial charge is 0.195 e. The lowest BCUT2D eigenvalue weighted by Gasteiger charge is -2.13. The number of H-pyrrole nitrogens is 1. The molecule has 0 saturated heterocycles. The molecule has 0 fully saturated rings. The molecule has 0 radical (unpaired) electrons. The topological polar surface area (TPSA) is 46.5 Å². The lowest BCUT2D eigenvalue weighted by atomic mass is 10.0. The predicted molar refractivity (Wildman–Crippen MR) is 88.0 cm³/mol. The number of aromatic nitrogens is 4. The van der Waals surface area contributed by atoms with E-state index in [0.29, 0.717) is 4.77 Å². The van der Waals surface area contributed by atoms with E-state index in [2.05, 4.69) is 60.2 Å². The first-order valence-corrected chi connectivity index (χ1v) is 7.43. The molecular weight excluding hydrogens is 280 g/mol. The third-order valence-electron chi connectivity index (χ3n) is 3.55. The number of hydrogen-bond donors (Lipinski definition) is 1. The van der Waals surface area contributed by atoms with Gasteiger partial charge in [-0.2, -0.15) is 5.10 Å². The minimum atomic E-state index is 0.250. The molecule has 0 aliphatic rings. The summed E-state index contributed by atoms with van der Waals surface area (Å²) in [6, 6.07) is 8.62. The summed E-state index contributed by atoms with van der Waals surface area (Å²) in [6.07, 6.45) is 0. The zero-order valence-electron chi connectivity index (χ0n) is 12.6. The first kappa shape index (κ1) is 13.9. The van der Waals surface area contributed by atoms with Crippen LogP contribution in [0.5, 0.6) is 0 Å². The minimum Gasteiger partial charge on any atom is -0.298 e. The summed E-state index contributed by atoms with van der Waals surface area (Å²) in [6.45, 7) is 8.30. The highest BCUT2D eigenvalue weighted by Gasteiger charge is 2.15. The number of nitrogens with zero attached hydrogens (tertiary/aromatic N) is 3. The summed E-state index contributed by atoms with van der Waals surface area (Å²) >= 11 is 5.36. The molecule has 4 nitrogen and oxygen atoms in total. The maximum Gasteiger partial charge on any atom is 0.195 e. The Labute approximate surface area is 128 Å². The largest absolute Gasteiger partial charge is 0.298 e. The molecule has 1 N–H and O–H groups in total. The van der Waals surface area contributed by atoms with Gasteiger partial charge in [0.05, 0.1) is 5.52 Å². The number of nitrogens with one attached hydrogen (secondary N) is 1. The maximum atomic E-state index is 5.36. The van der Waals surface area contributed by atoms with E-state index in [1.54, 1.807) is 0 Å². The van der Waals surface area contributed by atoms with E-state index in [1.165, 1.54) is 5.56 Å². The number of fused-ring (bicyclic) bond motifs is 1. The van der Waals surface area contributed by atoms with Gasteiger partial charge in [-0.15, -0.1) is 0 Å². The Bertz CT molecular complexity index is 874. The van der Waals surface area contributed by atoms with Crippen LogP contribution in [0.2, 0.25) is 0 Å². The van der Waals surface area contributed by atoms with Gasteiger partial charge in [0.15, 0.2) is 10.6 Å².